The Kier molecular flexibility index (Phi) is 4.62. The fourth-order valence-corrected chi connectivity index (χ4v) is 4.22. The summed E-state index contributed by atoms with van der Waals surface area (Å²) in [6, 6.07) is 7.96. The average molecular weight is 325 g/mol. The Labute approximate surface area is 131 Å². The third-order valence-electron chi connectivity index (χ3n) is 4.26. The maximum absolute atomic E-state index is 11.4. The van der Waals surface area contributed by atoms with Gasteiger partial charge in [0.05, 0.1) is 4.90 Å². The SMILES string of the molecule is CS(=O)(=O)c1ccc(SCCNC(C2CC2)C2CC2)cc1. The molecule has 0 radical (unpaired) electrons. The predicted molar refractivity (Wildman–Crippen MR) is 87.5 cm³/mol. The van der Waals surface area contributed by atoms with Crippen LogP contribution in [0.25, 0.3) is 0 Å². The Morgan fingerprint density at radius 1 is 1.14 bits per heavy atom. The van der Waals surface area contributed by atoms with Crippen LogP contribution in [0.1, 0.15) is 25.7 Å². The second-order valence-electron chi connectivity index (χ2n) is 6.25. The standard InChI is InChI=1S/C16H23NO2S2/c1-21(18,19)15-8-6-14(7-9-15)20-11-10-17-16(12-2-3-12)13-4-5-13/h6-9,12-13,16-17H,2-5,10-11H2,1H3. The van der Waals surface area contributed by atoms with Crippen LogP contribution in [-0.2, 0) is 9.84 Å². The van der Waals surface area contributed by atoms with Crippen LogP contribution >= 0.6 is 11.8 Å². The smallest absolute Gasteiger partial charge is 0.175 e. The quantitative estimate of drug-likeness (QED) is 0.590. The van der Waals surface area contributed by atoms with Crippen LogP contribution in [0, 0.1) is 11.8 Å². The minimum Gasteiger partial charge on any atom is -0.313 e. The van der Waals surface area contributed by atoms with E-state index < -0.39 is 9.84 Å². The van der Waals surface area contributed by atoms with Gasteiger partial charge in [-0.05, 0) is 61.8 Å². The first-order valence-electron chi connectivity index (χ1n) is 7.70. The number of benzene rings is 1. The van der Waals surface area contributed by atoms with E-state index in [0.29, 0.717) is 4.90 Å². The van der Waals surface area contributed by atoms with Crippen molar-refractivity contribution in [2.75, 3.05) is 18.6 Å². The molecule has 116 valence electrons. The molecule has 0 amide bonds. The summed E-state index contributed by atoms with van der Waals surface area (Å²) in [5, 5.41) is 3.73. The van der Waals surface area contributed by atoms with Crippen molar-refractivity contribution in [3.8, 4) is 0 Å². The number of nitrogens with one attached hydrogen (secondary N) is 1. The molecule has 21 heavy (non-hydrogen) atoms. The van der Waals surface area contributed by atoms with Crippen LogP contribution in [-0.4, -0.2) is 33.0 Å². The number of rotatable bonds is 8. The second kappa shape index (κ2) is 6.31. The molecule has 0 heterocycles. The first-order valence-corrected chi connectivity index (χ1v) is 10.6. The molecule has 2 fully saturated rings. The van der Waals surface area contributed by atoms with Crippen LogP contribution in [0.5, 0.6) is 0 Å². The summed E-state index contributed by atoms with van der Waals surface area (Å²) in [6.07, 6.45) is 6.89. The fourth-order valence-electron chi connectivity index (χ4n) is 2.81. The summed E-state index contributed by atoms with van der Waals surface area (Å²) in [6.45, 7) is 1.04. The molecule has 5 heteroatoms. The van der Waals surface area contributed by atoms with Crippen molar-refractivity contribution in [1.29, 1.82) is 0 Å². The summed E-state index contributed by atoms with van der Waals surface area (Å²) in [5.74, 6) is 2.92. The molecule has 0 aliphatic heterocycles. The zero-order valence-corrected chi connectivity index (χ0v) is 14.1. The van der Waals surface area contributed by atoms with E-state index in [1.807, 2.05) is 12.1 Å². The molecular formula is C16H23NO2S2. The Hall–Kier alpha value is -0.520. The van der Waals surface area contributed by atoms with Crippen molar-refractivity contribution in [2.45, 2.75) is 41.5 Å². The molecule has 1 aromatic rings. The van der Waals surface area contributed by atoms with Crippen LogP contribution in [0.4, 0.5) is 0 Å². The van der Waals surface area contributed by atoms with E-state index in [1.54, 1.807) is 23.9 Å². The molecule has 0 aromatic heterocycles. The minimum atomic E-state index is -3.08. The van der Waals surface area contributed by atoms with E-state index in [9.17, 15) is 8.42 Å². The fraction of sp³-hybridized carbons (Fsp3) is 0.625. The van der Waals surface area contributed by atoms with Gasteiger partial charge in [-0.1, -0.05) is 0 Å². The van der Waals surface area contributed by atoms with E-state index >= 15 is 0 Å². The molecule has 3 nitrogen and oxygen atoms in total. The topological polar surface area (TPSA) is 46.2 Å². The van der Waals surface area contributed by atoms with Crippen molar-refractivity contribution in [3.63, 3.8) is 0 Å². The number of hydrogen-bond acceptors (Lipinski definition) is 4. The molecular weight excluding hydrogens is 302 g/mol. The van der Waals surface area contributed by atoms with E-state index in [-0.39, 0.29) is 0 Å². The molecule has 0 atom stereocenters. The highest BCUT2D eigenvalue weighted by Crippen LogP contribution is 2.44. The Balaban J connectivity index is 1.42. The Morgan fingerprint density at radius 3 is 2.19 bits per heavy atom. The number of thioether (sulfide) groups is 1. The highest BCUT2D eigenvalue weighted by atomic mass is 32.2. The van der Waals surface area contributed by atoms with Gasteiger partial charge in [0.25, 0.3) is 0 Å². The lowest BCUT2D eigenvalue weighted by Gasteiger charge is -2.17. The van der Waals surface area contributed by atoms with Crippen molar-refractivity contribution in [1.82, 2.24) is 5.32 Å². The summed E-state index contributed by atoms with van der Waals surface area (Å²) >= 11 is 1.79. The molecule has 2 saturated carbocycles. The summed E-state index contributed by atoms with van der Waals surface area (Å²) in [4.78, 5) is 1.53. The first-order chi connectivity index (χ1) is 10.0. The number of hydrogen-bond donors (Lipinski definition) is 1. The van der Waals surface area contributed by atoms with Crippen LogP contribution in [0.15, 0.2) is 34.1 Å². The van der Waals surface area contributed by atoms with Gasteiger partial charge in [0.1, 0.15) is 0 Å². The highest BCUT2D eigenvalue weighted by Gasteiger charge is 2.40. The van der Waals surface area contributed by atoms with E-state index in [1.165, 1.54) is 31.9 Å². The van der Waals surface area contributed by atoms with Crippen molar-refractivity contribution < 1.29 is 8.42 Å². The largest absolute Gasteiger partial charge is 0.313 e. The van der Waals surface area contributed by atoms with Gasteiger partial charge < -0.3 is 5.32 Å². The summed E-state index contributed by atoms with van der Waals surface area (Å²) in [7, 11) is -3.08. The lowest BCUT2D eigenvalue weighted by Crippen LogP contribution is -2.34. The summed E-state index contributed by atoms with van der Waals surface area (Å²) < 4.78 is 22.8. The molecule has 0 spiro atoms. The van der Waals surface area contributed by atoms with Crippen molar-refractivity contribution in [2.24, 2.45) is 11.8 Å². The van der Waals surface area contributed by atoms with Gasteiger partial charge in [-0.25, -0.2) is 8.42 Å². The van der Waals surface area contributed by atoms with Crippen LogP contribution < -0.4 is 5.32 Å². The lowest BCUT2D eigenvalue weighted by atomic mass is 10.1. The number of sulfone groups is 1. The molecule has 0 saturated heterocycles. The Morgan fingerprint density at radius 2 is 1.71 bits per heavy atom. The van der Waals surface area contributed by atoms with Gasteiger partial charge in [-0.15, -0.1) is 11.8 Å². The van der Waals surface area contributed by atoms with Gasteiger partial charge in [-0.2, -0.15) is 0 Å². The molecule has 0 bridgehead atoms. The first kappa shape index (κ1) is 15.4. The maximum atomic E-state index is 11.4. The van der Waals surface area contributed by atoms with Crippen LogP contribution in [0.3, 0.4) is 0 Å². The van der Waals surface area contributed by atoms with E-state index in [0.717, 1.165) is 35.1 Å². The van der Waals surface area contributed by atoms with Crippen molar-refractivity contribution >= 4 is 21.6 Å². The minimum absolute atomic E-state index is 0.396. The van der Waals surface area contributed by atoms with Gasteiger partial charge in [-0.3, -0.25) is 0 Å². The highest BCUT2D eigenvalue weighted by molar-refractivity contribution is 7.99. The van der Waals surface area contributed by atoms with Gasteiger partial charge in [0.2, 0.25) is 0 Å². The lowest BCUT2D eigenvalue weighted by molar-refractivity contribution is 0.429. The van der Waals surface area contributed by atoms with E-state index in [4.69, 9.17) is 0 Å². The second-order valence-corrected chi connectivity index (χ2v) is 9.43. The zero-order chi connectivity index (χ0) is 14.9. The third-order valence-corrected chi connectivity index (χ3v) is 6.40. The van der Waals surface area contributed by atoms with Gasteiger partial charge in [0.15, 0.2) is 9.84 Å². The predicted octanol–water partition coefficient (Wildman–Crippen LogP) is 2.96. The van der Waals surface area contributed by atoms with Crippen LogP contribution in [0.2, 0.25) is 0 Å². The normalized spacial score (nSPS) is 19.1. The molecule has 2 aliphatic carbocycles. The monoisotopic (exact) mass is 325 g/mol. The molecule has 0 unspecified atom stereocenters. The summed E-state index contributed by atoms with van der Waals surface area (Å²) in [5.41, 5.74) is 0. The molecule has 1 N–H and O–H groups in total. The van der Waals surface area contributed by atoms with Crippen molar-refractivity contribution in [3.05, 3.63) is 24.3 Å². The maximum Gasteiger partial charge on any atom is 0.175 e. The molecule has 2 aliphatic rings. The zero-order valence-electron chi connectivity index (χ0n) is 12.4. The van der Waals surface area contributed by atoms with Gasteiger partial charge in [0, 0.05) is 29.5 Å². The third kappa shape index (κ3) is 4.47. The molecule has 1 aromatic carbocycles. The van der Waals surface area contributed by atoms with E-state index in [2.05, 4.69) is 5.32 Å². The Bertz CT molecular complexity index is 563. The van der Waals surface area contributed by atoms with Gasteiger partial charge >= 0.3 is 0 Å². The average Bonchev–Trinajstić information content (AvgIpc) is 3.31. The molecule has 3 rings (SSSR count).